The summed E-state index contributed by atoms with van der Waals surface area (Å²) in [6, 6.07) is 8.45. The van der Waals surface area contributed by atoms with Gasteiger partial charge >= 0.3 is 0 Å². The van der Waals surface area contributed by atoms with Crippen LogP contribution in [-0.2, 0) is 10.0 Å². The molecule has 1 fully saturated rings. The Morgan fingerprint density at radius 1 is 1.07 bits per heavy atom. The van der Waals surface area contributed by atoms with Gasteiger partial charge in [-0.3, -0.25) is 4.98 Å². The normalized spacial score (nSPS) is 15.6. The Labute approximate surface area is 177 Å². The fraction of sp³-hybridized carbons (Fsp3) is 0.409. The lowest BCUT2D eigenvalue weighted by Gasteiger charge is -2.33. The van der Waals surface area contributed by atoms with Crippen molar-refractivity contribution in [3.05, 3.63) is 48.0 Å². The number of sulfonamides is 1. The van der Waals surface area contributed by atoms with Gasteiger partial charge in [-0.2, -0.15) is 0 Å². The van der Waals surface area contributed by atoms with Gasteiger partial charge in [-0.15, -0.1) is 0 Å². The molecule has 1 N–H and O–H groups in total. The summed E-state index contributed by atoms with van der Waals surface area (Å²) in [5.41, 5.74) is 5.34. The molecule has 0 atom stereocenters. The molecule has 158 valence electrons. The maximum Gasteiger partial charge on any atom is 0.208 e. The SMILES string of the molecule is Cc1cc(-c2cc(C)c3ncnc(N4CCC(CNS(C)(=O)=O)CC4)c3c2)ccn1. The molecule has 0 spiro atoms. The number of piperidine rings is 1. The molecule has 7 nitrogen and oxygen atoms in total. The van der Waals surface area contributed by atoms with Gasteiger partial charge in [0.25, 0.3) is 0 Å². The van der Waals surface area contributed by atoms with E-state index in [1.807, 2.05) is 19.2 Å². The molecule has 30 heavy (non-hydrogen) atoms. The summed E-state index contributed by atoms with van der Waals surface area (Å²) in [5, 5.41) is 1.05. The van der Waals surface area contributed by atoms with Gasteiger partial charge in [-0.05, 0) is 73.6 Å². The van der Waals surface area contributed by atoms with Crippen LogP contribution in [-0.4, -0.2) is 49.3 Å². The Bertz CT molecular complexity index is 1170. The Hall–Kier alpha value is -2.58. The molecular weight excluding hydrogens is 398 g/mol. The highest BCUT2D eigenvalue weighted by molar-refractivity contribution is 7.88. The van der Waals surface area contributed by atoms with Gasteiger partial charge < -0.3 is 4.90 Å². The lowest BCUT2D eigenvalue weighted by atomic mass is 9.96. The highest BCUT2D eigenvalue weighted by Gasteiger charge is 2.23. The van der Waals surface area contributed by atoms with Gasteiger partial charge in [-0.25, -0.2) is 23.1 Å². The van der Waals surface area contributed by atoms with Crippen LogP contribution in [0.4, 0.5) is 5.82 Å². The molecule has 0 aliphatic carbocycles. The van der Waals surface area contributed by atoms with Crippen molar-refractivity contribution < 1.29 is 8.42 Å². The molecule has 3 heterocycles. The van der Waals surface area contributed by atoms with E-state index in [2.05, 4.69) is 49.7 Å². The Balaban J connectivity index is 1.62. The Morgan fingerprint density at radius 3 is 2.53 bits per heavy atom. The number of anilines is 1. The number of hydrogen-bond donors (Lipinski definition) is 1. The van der Waals surface area contributed by atoms with Gasteiger partial charge in [0, 0.05) is 36.9 Å². The first-order valence-electron chi connectivity index (χ1n) is 10.2. The predicted octanol–water partition coefficient (Wildman–Crippen LogP) is 3.07. The molecule has 8 heteroatoms. The fourth-order valence-corrected chi connectivity index (χ4v) is 4.63. The van der Waals surface area contributed by atoms with Gasteiger partial charge in [-0.1, -0.05) is 0 Å². The Morgan fingerprint density at radius 2 is 1.83 bits per heavy atom. The van der Waals surface area contributed by atoms with Crippen molar-refractivity contribution in [2.24, 2.45) is 5.92 Å². The zero-order chi connectivity index (χ0) is 21.3. The molecule has 0 saturated carbocycles. The van der Waals surface area contributed by atoms with Crippen molar-refractivity contribution in [1.82, 2.24) is 19.7 Å². The number of fused-ring (bicyclic) bond motifs is 1. The minimum absolute atomic E-state index is 0.348. The van der Waals surface area contributed by atoms with E-state index in [4.69, 9.17) is 0 Å². The van der Waals surface area contributed by atoms with E-state index in [1.54, 1.807) is 6.33 Å². The summed E-state index contributed by atoms with van der Waals surface area (Å²) in [6.07, 6.45) is 6.53. The summed E-state index contributed by atoms with van der Waals surface area (Å²) in [4.78, 5) is 15.8. The maximum atomic E-state index is 11.4. The second kappa shape index (κ2) is 8.28. The first-order valence-corrected chi connectivity index (χ1v) is 12.1. The van der Waals surface area contributed by atoms with E-state index in [0.29, 0.717) is 12.5 Å². The van der Waals surface area contributed by atoms with E-state index in [9.17, 15) is 8.42 Å². The summed E-state index contributed by atoms with van der Waals surface area (Å²) >= 11 is 0. The molecule has 0 bridgehead atoms. The van der Waals surface area contributed by atoms with Crippen LogP contribution in [0.2, 0.25) is 0 Å². The van der Waals surface area contributed by atoms with Crippen molar-refractivity contribution in [2.45, 2.75) is 26.7 Å². The number of rotatable bonds is 5. The molecule has 1 aliphatic rings. The van der Waals surface area contributed by atoms with Crippen molar-refractivity contribution in [2.75, 3.05) is 30.8 Å². The standard InChI is InChI=1S/C22H27N5O2S/c1-15-10-19(18-4-7-23-16(2)11-18)12-20-21(15)24-14-25-22(20)27-8-5-17(6-9-27)13-26-30(3,28)29/h4,7,10-12,14,17,26H,5-6,8-9,13H2,1-3H3. The molecule has 4 rings (SSSR count). The second-order valence-electron chi connectivity index (χ2n) is 8.12. The molecule has 0 radical (unpaired) electrons. The summed E-state index contributed by atoms with van der Waals surface area (Å²) in [7, 11) is -3.15. The summed E-state index contributed by atoms with van der Waals surface area (Å²) < 4.78 is 25.4. The van der Waals surface area contributed by atoms with Crippen LogP contribution in [0, 0.1) is 19.8 Å². The molecule has 1 aromatic carbocycles. The van der Waals surface area contributed by atoms with Crippen LogP contribution in [0.25, 0.3) is 22.0 Å². The van der Waals surface area contributed by atoms with Crippen molar-refractivity contribution in [3.63, 3.8) is 0 Å². The highest BCUT2D eigenvalue weighted by atomic mass is 32.2. The highest BCUT2D eigenvalue weighted by Crippen LogP contribution is 2.32. The minimum Gasteiger partial charge on any atom is -0.356 e. The zero-order valence-electron chi connectivity index (χ0n) is 17.6. The lowest BCUT2D eigenvalue weighted by molar-refractivity contribution is 0.401. The maximum absolute atomic E-state index is 11.4. The van der Waals surface area contributed by atoms with Crippen molar-refractivity contribution >= 4 is 26.7 Å². The van der Waals surface area contributed by atoms with Crippen LogP contribution < -0.4 is 9.62 Å². The third-order valence-corrected chi connectivity index (χ3v) is 6.38. The molecule has 0 unspecified atom stereocenters. The van der Waals surface area contributed by atoms with E-state index < -0.39 is 10.0 Å². The first kappa shape index (κ1) is 20.7. The smallest absolute Gasteiger partial charge is 0.208 e. The lowest BCUT2D eigenvalue weighted by Crippen LogP contribution is -2.38. The fourth-order valence-electron chi connectivity index (χ4n) is 4.09. The van der Waals surface area contributed by atoms with Crippen molar-refractivity contribution in [3.8, 4) is 11.1 Å². The van der Waals surface area contributed by atoms with Gasteiger partial charge in [0.05, 0.1) is 11.8 Å². The first-order chi connectivity index (χ1) is 14.3. The number of nitrogens with one attached hydrogen (secondary N) is 1. The van der Waals surface area contributed by atoms with Crippen LogP contribution >= 0.6 is 0 Å². The molecular formula is C22H27N5O2S. The molecule has 1 aliphatic heterocycles. The van der Waals surface area contributed by atoms with E-state index in [0.717, 1.165) is 65.0 Å². The van der Waals surface area contributed by atoms with Crippen molar-refractivity contribution in [1.29, 1.82) is 0 Å². The van der Waals surface area contributed by atoms with Crippen LogP contribution in [0.1, 0.15) is 24.1 Å². The third-order valence-electron chi connectivity index (χ3n) is 5.69. The number of pyridine rings is 1. The molecule has 1 saturated heterocycles. The number of hydrogen-bond acceptors (Lipinski definition) is 6. The Kier molecular flexibility index (Phi) is 5.71. The number of nitrogens with zero attached hydrogens (tertiary/aromatic N) is 4. The summed E-state index contributed by atoms with van der Waals surface area (Å²) in [6.45, 7) is 6.27. The van der Waals surface area contributed by atoms with E-state index >= 15 is 0 Å². The predicted molar refractivity (Wildman–Crippen MR) is 120 cm³/mol. The quantitative estimate of drug-likeness (QED) is 0.676. The van der Waals surface area contributed by atoms with Crippen LogP contribution in [0.3, 0.4) is 0 Å². The molecule has 3 aromatic rings. The van der Waals surface area contributed by atoms with Gasteiger partial charge in [0.1, 0.15) is 12.1 Å². The zero-order valence-corrected chi connectivity index (χ0v) is 18.4. The molecule has 0 amide bonds. The number of benzene rings is 1. The van der Waals surface area contributed by atoms with Crippen LogP contribution in [0.5, 0.6) is 0 Å². The minimum atomic E-state index is -3.15. The summed E-state index contributed by atoms with van der Waals surface area (Å²) in [5.74, 6) is 1.30. The third kappa shape index (κ3) is 4.60. The monoisotopic (exact) mass is 425 g/mol. The van der Waals surface area contributed by atoms with Crippen LogP contribution in [0.15, 0.2) is 36.8 Å². The van der Waals surface area contributed by atoms with E-state index in [-0.39, 0.29) is 0 Å². The average molecular weight is 426 g/mol. The second-order valence-corrected chi connectivity index (χ2v) is 9.96. The van der Waals surface area contributed by atoms with E-state index in [1.165, 1.54) is 6.26 Å². The largest absolute Gasteiger partial charge is 0.356 e. The van der Waals surface area contributed by atoms with Gasteiger partial charge in [0.15, 0.2) is 0 Å². The number of aromatic nitrogens is 3. The number of aryl methyl sites for hydroxylation is 2. The van der Waals surface area contributed by atoms with Gasteiger partial charge in [0.2, 0.25) is 10.0 Å². The topological polar surface area (TPSA) is 88.1 Å². The molecule has 2 aromatic heterocycles. The average Bonchev–Trinajstić information content (AvgIpc) is 2.72.